The Hall–Kier alpha value is -1.59. The maximum Gasteiger partial charge on any atom is 0.323 e. The fourth-order valence-electron chi connectivity index (χ4n) is 1.91. The molecular formula is C15H29N5O. The first-order valence-electron chi connectivity index (χ1n) is 7.98. The number of hydrogen-bond donors (Lipinski definition) is 2. The standard InChI is InChI=1S/C15H29N5O/c1-6-8-9-10-12(5)17-14-18-13(16-7-2)19-15(20-14)21-11(3)4/h11-12H,6-10H2,1-5H3,(H2,16,17,18,19,20). The van der Waals surface area contributed by atoms with Gasteiger partial charge in [-0.2, -0.15) is 15.0 Å². The summed E-state index contributed by atoms with van der Waals surface area (Å²) in [6.45, 7) is 11.0. The Morgan fingerprint density at radius 3 is 2.33 bits per heavy atom. The number of nitrogens with one attached hydrogen (secondary N) is 2. The first-order chi connectivity index (χ1) is 10.0. The van der Waals surface area contributed by atoms with Crippen LogP contribution >= 0.6 is 0 Å². The quantitative estimate of drug-likeness (QED) is 0.644. The van der Waals surface area contributed by atoms with Crippen LogP contribution in [0.15, 0.2) is 0 Å². The molecule has 0 saturated heterocycles. The Labute approximate surface area is 128 Å². The second kappa shape index (κ2) is 9.37. The molecule has 0 aliphatic heterocycles. The van der Waals surface area contributed by atoms with Crippen LogP contribution in [0.25, 0.3) is 0 Å². The van der Waals surface area contributed by atoms with Crippen molar-refractivity contribution in [3.05, 3.63) is 0 Å². The van der Waals surface area contributed by atoms with Crippen LogP contribution < -0.4 is 15.4 Å². The number of aromatic nitrogens is 3. The van der Waals surface area contributed by atoms with E-state index in [9.17, 15) is 0 Å². The predicted molar refractivity (Wildman–Crippen MR) is 87.0 cm³/mol. The normalized spacial score (nSPS) is 12.3. The highest BCUT2D eigenvalue weighted by molar-refractivity contribution is 5.36. The minimum absolute atomic E-state index is 0.0386. The molecule has 0 saturated carbocycles. The van der Waals surface area contributed by atoms with Crippen molar-refractivity contribution in [2.75, 3.05) is 17.2 Å². The molecule has 0 aliphatic carbocycles. The molecule has 6 nitrogen and oxygen atoms in total. The Kier molecular flexibility index (Phi) is 7.79. The van der Waals surface area contributed by atoms with E-state index in [0.717, 1.165) is 13.0 Å². The van der Waals surface area contributed by atoms with Crippen LogP contribution in [0, 0.1) is 0 Å². The van der Waals surface area contributed by atoms with Crippen molar-refractivity contribution in [1.29, 1.82) is 0 Å². The third kappa shape index (κ3) is 7.11. The van der Waals surface area contributed by atoms with E-state index in [-0.39, 0.29) is 6.10 Å². The summed E-state index contributed by atoms with van der Waals surface area (Å²) >= 11 is 0. The largest absolute Gasteiger partial charge is 0.461 e. The molecule has 1 unspecified atom stereocenters. The molecule has 21 heavy (non-hydrogen) atoms. The Morgan fingerprint density at radius 2 is 1.71 bits per heavy atom. The van der Waals surface area contributed by atoms with Crippen molar-refractivity contribution in [2.24, 2.45) is 0 Å². The number of nitrogens with zero attached hydrogens (tertiary/aromatic N) is 3. The zero-order valence-corrected chi connectivity index (χ0v) is 13.9. The second-order valence-corrected chi connectivity index (χ2v) is 5.50. The zero-order valence-electron chi connectivity index (χ0n) is 13.9. The highest BCUT2D eigenvalue weighted by atomic mass is 16.5. The van der Waals surface area contributed by atoms with E-state index in [0.29, 0.717) is 23.9 Å². The first-order valence-corrected chi connectivity index (χ1v) is 7.98. The lowest BCUT2D eigenvalue weighted by molar-refractivity contribution is 0.222. The average Bonchev–Trinajstić information content (AvgIpc) is 2.38. The molecule has 0 bridgehead atoms. The third-order valence-electron chi connectivity index (χ3n) is 2.91. The topological polar surface area (TPSA) is 72.0 Å². The molecule has 0 aliphatic rings. The lowest BCUT2D eigenvalue weighted by atomic mass is 10.1. The fraction of sp³-hybridized carbons (Fsp3) is 0.800. The highest BCUT2D eigenvalue weighted by Crippen LogP contribution is 2.14. The Morgan fingerprint density at radius 1 is 1.00 bits per heavy atom. The molecule has 6 heteroatoms. The number of unbranched alkanes of at least 4 members (excludes halogenated alkanes) is 2. The summed E-state index contributed by atoms with van der Waals surface area (Å²) in [5.41, 5.74) is 0. The van der Waals surface area contributed by atoms with Crippen LogP contribution in [0.3, 0.4) is 0 Å². The van der Waals surface area contributed by atoms with E-state index in [1.165, 1.54) is 19.3 Å². The van der Waals surface area contributed by atoms with Gasteiger partial charge in [-0.15, -0.1) is 0 Å². The van der Waals surface area contributed by atoms with Crippen LogP contribution in [0.5, 0.6) is 6.01 Å². The summed E-state index contributed by atoms with van der Waals surface area (Å²) in [5.74, 6) is 1.12. The van der Waals surface area contributed by atoms with Crippen molar-refractivity contribution in [3.63, 3.8) is 0 Å². The summed E-state index contributed by atoms with van der Waals surface area (Å²) in [6.07, 6.45) is 4.85. The molecule has 2 N–H and O–H groups in total. The number of hydrogen-bond acceptors (Lipinski definition) is 6. The molecule has 120 valence electrons. The van der Waals surface area contributed by atoms with Gasteiger partial charge in [0.2, 0.25) is 11.9 Å². The van der Waals surface area contributed by atoms with E-state index >= 15 is 0 Å². The third-order valence-corrected chi connectivity index (χ3v) is 2.91. The summed E-state index contributed by atoms with van der Waals surface area (Å²) in [7, 11) is 0. The van der Waals surface area contributed by atoms with Gasteiger partial charge in [0, 0.05) is 12.6 Å². The molecule has 1 atom stereocenters. The highest BCUT2D eigenvalue weighted by Gasteiger charge is 2.10. The first kappa shape index (κ1) is 17.5. The average molecular weight is 295 g/mol. The van der Waals surface area contributed by atoms with Crippen molar-refractivity contribution in [2.45, 2.75) is 72.4 Å². The van der Waals surface area contributed by atoms with Gasteiger partial charge in [-0.25, -0.2) is 0 Å². The SMILES string of the molecule is CCCCCC(C)Nc1nc(NCC)nc(OC(C)C)n1. The van der Waals surface area contributed by atoms with E-state index in [2.05, 4.69) is 39.4 Å². The molecule has 0 aromatic carbocycles. The summed E-state index contributed by atoms with van der Waals surface area (Å²) < 4.78 is 5.58. The molecule has 0 amide bonds. The minimum Gasteiger partial charge on any atom is -0.461 e. The van der Waals surface area contributed by atoms with Gasteiger partial charge in [0.25, 0.3) is 0 Å². The summed E-state index contributed by atoms with van der Waals surface area (Å²) in [6, 6.07) is 0.694. The molecule has 0 spiro atoms. The van der Waals surface area contributed by atoms with Crippen LogP contribution in [-0.2, 0) is 0 Å². The lowest BCUT2D eigenvalue weighted by Gasteiger charge is -2.15. The van der Waals surface area contributed by atoms with Gasteiger partial charge >= 0.3 is 6.01 Å². The maximum absolute atomic E-state index is 5.58. The smallest absolute Gasteiger partial charge is 0.323 e. The van der Waals surface area contributed by atoms with E-state index in [1.54, 1.807) is 0 Å². The fourth-order valence-corrected chi connectivity index (χ4v) is 1.91. The van der Waals surface area contributed by atoms with Gasteiger partial charge in [-0.1, -0.05) is 26.2 Å². The maximum atomic E-state index is 5.58. The van der Waals surface area contributed by atoms with Crippen LogP contribution in [-0.4, -0.2) is 33.6 Å². The van der Waals surface area contributed by atoms with E-state index < -0.39 is 0 Å². The molecular weight excluding hydrogens is 266 g/mol. The molecule has 1 aromatic heterocycles. The second-order valence-electron chi connectivity index (χ2n) is 5.50. The summed E-state index contributed by atoms with van der Waals surface area (Å²) in [5, 5.41) is 6.44. The lowest BCUT2D eigenvalue weighted by Crippen LogP contribution is -2.19. The van der Waals surface area contributed by atoms with Gasteiger partial charge in [0.05, 0.1) is 6.10 Å². The molecule has 1 heterocycles. The van der Waals surface area contributed by atoms with Crippen molar-refractivity contribution < 1.29 is 4.74 Å². The van der Waals surface area contributed by atoms with Gasteiger partial charge in [0.15, 0.2) is 0 Å². The van der Waals surface area contributed by atoms with E-state index in [1.807, 2.05) is 20.8 Å². The molecule has 0 fully saturated rings. The predicted octanol–water partition coefficient (Wildman–Crippen LogP) is 3.47. The Bertz CT molecular complexity index is 411. The van der Waals surface area contributed by atoms with Crippen molar-refractivity contribution >= 4 is 11.9 Å². The van der Waals surface area contributed by atoms with Gasteiger partial charge in [0.1, 0.15) is 0 Å². The van der Waals surface area contributed by atoms with Crippen LogP contribution in [0.2, 0.25) is 0 Å². The molecule has 1 aromatic rings. The van der Waals surface area contributed by atoms with Crippen LogP contribution in [0.4, 0.5) is 11.9 Å². The van der Waals surface area contributed by atoms with Crippen molar-refractivity contribution in [1.82, 2.24) is 15.0 Å². The van der Waals surface area contributed by atoms with E-state index in [4.69, 9.17) is 4.74 Å². The molecule has 0 radical (unpaired) electrons. The van der Waals surface area contributed by atoms with Gasteiger partial charge in [-0.3, -0.25) is 0 Å². The monoisotopic (exact) mass is 295 g/mol. The number of anilines is 2. The minimum atomic E-state index is 0.0386. The number of rotatable bonds is 10. The zero-order chi connectivity index (χ0) is 15.7. The van der Waals surface area contributed by atoms with Gasteiger partial charge < -0.3 is 15.4 Å². The van der Waals surface area contributed by atoms with Gasteiger partial charge in [-0.05, 0) is 34.1 Å². The summed E-state index contributed by atoms with van der Waals surface area (Å²) in [4.78, 5) is 13.0. The van der Waals surface area contributed by atoms with Crippen LogP contribution in [0.1, 0.15) is 60.3 Å². The Balaban J connectivity index is 2.72. The van der Waals surface area contributed by atoms with Crippen molar-refractivity contribution in [3.8, 4) is 6.01 Å². The molecule has 1 rings (SSSR count). The number of ether oxygens (including phenoxy) is 1.